The zero-order valence-electron chi connectivity index (χ0n) is 10.4. The van der Waals surface area contributed by atoms with Crippen molar-refractivity contribution < 1.29 is 4.42 Å². The zero-order chi connectivity index (χ0) is 12.5. The van der Waals surface area contributed by atoms with Gasteiger partial charge in [-0.2, -0.15) is 0 Å². The second kappa shape index (κ2) is 4.88. The van der Waals surface area contributed by atoms with Gasteiger partial charge in [0.2, 0.25) is 5.89 Å². The second-order valence-electron chi connectivity index (χ2n) is 4.80. The summed E-state index contributed by atoms with van der Waals surface area (Å²) in [5.74, 6) is 0.775. The summed E-state index contributed by atoms with van der Waals surface area (Å²) in [6, 6.07) is 5.54. The molecular formula is C13H16ClN3O. The Hall–Kier alpha value is -1.10. The third-order valence-electron chi connectivity index (χ3n) is 3.35. The number of halogens is 1. The van der Waals surface area contributed by atoms with E-state index in [4.69, 9.17) is 16.0 Å². The lowest BCUT2D eigenvalue weighted by Crippen LogP contribution is -2.43. The van der Waals surface area contributed by atoms with Crippen molar-refractivity contribution in [1.82, 2.24) is 14.8 Å². The fourth-order valence-electron chi connectivity index (χ4n) is 2.21. The predicted octanol–water partition coefficient (Wildman–Crippen LogP) is 2.23. The third-order valence-corrected chi connectivity index (χ3v) is 3.58. The molecule has 0 atom stereocenters. The van der Waals surface area contributed by atoms with Gasteiger partial charge < -0.3 is 9.32 Å². The quantitative estimate of drug-likeness (QED) is 0.834. The molecule has 1 aromatic carbocycles. The van der Waals surface area contributed by atoms with E-state index in [9.17, 15) is 0 Å². The first-order chi connectivity index (χ1) is 8.70. The van der Waals surface area contributed by atoms with Gasteiger partial charge in [0.1, 0.15) is 5.52 Å². The molecule has 2 heterocycles. The molecule has 0 N–H and O–H groups in total. The van der Waals surface area contributed by atoms with E-state index >= 15 is 0 Å². The molecule has 0 bridgehead atoms. The third kappa shape index (κ3) is 2.51. The van der Waals surface area contributed by atoms with E-state index in [0.717, 1.165) is 49.7 Å². The maximum absolute atomic E-state index is 5.94. The molecule has 2 aromatic rings. The van der Waals surface area contributed by atoms with Gasteiger partial charge in [-0.25, -0.2) is 4.98 Å². The minimum absolute atomic E-state index is 0.696. The van der Waals surface area contributed by atoms with E-state index in [-0.39, 0.29) is 0 Å². The highest BCUT2D eigenvalue weighted by atomic mass is 35.5. The molecule has 0 spiro atoms. The maximum Gasteiger partial charge on any atom is 0.209 e. The molecule has 0 aliphatic carbocycles. The van der Waals surface area contributed by atoms with Gasteiger partial charge in [0, 0.05) is 31.2 Å². The summed E-state index contributed by atoms with van der Waals surface area (Å²) in [6.07, 6.45) is 0. The van der Waals surface area contributed by atoms with Crippen LogP contribution in [0.2, 0.25) is 5.02 Å². The zero-order valence-corrected chi connectivity index (χ0v) is 11.2. The van der Waals surface area contributed by atoms with Crippen molar-refractivity contribution in [2.45, 2.75) is 6.54 Å². The number of benzene rings is 1. The van der Waals surface area contributed by atoms with E-state index in [1.807, 2.05) is 18.2 Å². The Balaban J connectivity index is 1.74. The number of rotatable bonds is 2. The fourth-order valence-corrected chi connectivity index (χ4v) is 2.38. The second-order valence-corrected chi connectivity index (χ2v) is 5.24. The summed E-state index contributed by atoms with van der Waals surface area (Å²) in [5, 5.41) is 0.696. The summed E-state index contributed by atoms with van der Waals surface area (Å²) < 4.78 is 5.73. The molecule has 0 unspecified atom stereocenters. The van der Waals surface area contributed by atoms with E-state index in [1.54, 1.807) is 0 Å². The van der Waals surface area contributed by atoms with Gasteiger partial charge in [-0.3, -0.25) is 4.90 Å². The van der Waals surface area contributed by atoms with Crippen molar-refractivity contribution in [2.75, 3.05) is 33.2 Å². The van der Waals surface area contributed by atoms with E-state index in [2.05, 4.69) is 21.8 Å². The highest BCUT2D eigenvalue weighted by Gasteiger charge is 2.16. The van der Waals surface area contributed by atoms with Crippen LogP contribution in [0.1, 0.15) is 5.89 Å². The number of hydrogen-bond acceptors (Lipinski definition) is 4. The average molecular weight is 266 g/mol. The summed E-state index contributed by atoms with van der Waals surface area (Å²) in [5.41, 5.74) is 1.65. The van der Waals surface area contributed by atoms with Crippen LogP contribution in [0.5, 0.6) is 0 Å². The first kappa shape index (κ1) is 12.0. The first-order valence-electron chi connectivity index (χ1n) is 6.16. The number of fused-ring (bicyclic) bond motifs is 1. The highest BCUT2D eigenvalue weighted by Crippen LogP contribution is 2.20. The van der Waals surface area contributed by atoms with Crippen molar-refractivity contribution in [3.05, 3.63) is 29.1 Å². The van der Waals surface area contributed by atoms with Crippen LogP contribution in [-0.2, 0) is 6.54 Å². The summed E-state index contributed by atoms with van der Waals surface area (Å²) in [7, 11) is 2.15. The van der Waals surface area contributed by atoms with Gasteiger partial charge >= 0.3 is 0 Å². The van der Waals surface area contributed by atoms with Crippen LogP contribution < -0.4 is 0 Å². The molecule has 1 aromatic heterocycles. The van der Waals surface area contributed by atoms with Gasteiger partial charge in [0.05, 0.1) is 6.54 Å². The summed E-state index contributed by atoms with van der Waals surface area (Å²) in [4.78, 5) is 9.18. The molecule has 18 heavy (non-hydrogen) atoms. The number of nitrogens with zero attached hydrogens (tertiary/aromatic N) is 3. The minimum atomic E-state index is 0.696. The lowest BCUT2D eigenvalue weighted by atomic mass is 10.3. The summed E-state index contributed by atoms with van der Waals surface area (Å²) >= 11 is 5.94. The topological polar surface area (TPSA) is 32.5 Å². The van der Waals surface area contributed by atoms with Gasteiger partial charge in [-0.15, -0.1) is 0 Å². The Morgan fingerprint density at radius 3 is 2.83 bits per heavy atom. The Bertz CT molecular complexity index is 546. The van der Waals surface area contributed by atoms with Crippen LogP contribution in [0.25, 0.3) is 11.1 Å². The van der Waals surface area contributed by atoms with Crippen LogP contribution in [0.15, 0.2) is 22.6 Å². The Kier molecular flexibility index (Phi) is 3.24. The summed E-state index contributed by atoms with van der Waals surface area (Å²) in [6.45, 7) is 5.12. The minimum Gasteiger partial charge on any atom is -0.439 e. The maximum atomic E-state index is 5.94. The normalized spacial score (nSPS) is 18.6. The van der Waals surface area contributed by atoms with Crippen LogP contribution in [0, 0.1) is 0 Å². The number of aromatic nitrogens is 1. The molecule has 0 radical (unpaired) electrons. The largest absolute Gasteiger partial charge is 0.439 e. The number of hydrogen-bond donors (Lipinski definition) is 0. The van der Waals surface area contributed by atoms with Gasteiger partial charge in [-0.1, -0.05) is 11.6 Å². The first-order valence-corrected chi connectivity index (χ1v) is 6.54. The van der Waals surface area contributed by atoms with Crippen LogP contribution in [0.3, 0.4) is 0 Å². The van der Waals surface area contributed by atoms with Crippen LogP contribution >= 0.6 is 11.6 Å². The van der Waals surface area contributed by atoms with E-state index in [0.29, 0.717) is 5.02 Å². The molecule has 0 amide bonds. The molecule has 1 aliphatic heterocycles. The van der Waals surface area contributed by atoms with Crippen molar-refractivity contribution in [3.8, 4) is 0 Å². The van der Waals surface area contributed by atoms with Crippen LogP contribution in [-0.4, -0.2) is 48.0 Å². The van der Waals surface area contributed by atoms with Crippen LogP contribution in [0.4, 0.5) is 0 Å². The number of oxazole rings is 1. The Labute approximate surface area is 111 Å². The average Bonchev–Trinajstić information content (AvgIpc) is 2.73. The monoisotopic (exact) mass is 265 g/mol. The van der Waals surface area contributed by atoms with Crippen molar-refractivity contribution >= 4 is 22.7 Å². The lowest BCUT2D eigenvalue weighted by Gasteiger charge is -2.31. The van der Waals surface area contributed by atoms with Gasteiger partial charge in [0.25, 0.3) is 0 Å². The SMILES string of the molecule is CN1CCN(Cc2nc3cc(Cl)ccc3o2)CC1. The fraction of sp³-hybridized carbons (Fsp3) is 0.462. The smallest absolute Gasteiger partial charge is 0.209 e. The lowest BCUT2D eigenvalue weighted by molar-refractivity contribution is 0.139. The Morgan fingerprint density at radius 2 is 2.06 bits per heavy atom. The molecular weight excluding hydrogens is 250 g/mol. The van der Waals surface area contributed by atoms with Gasteiger partial charge in [-0.05, 0) is 25.2 Å². The molecule has 1 saturated heterocycles. The molecule has 5 heteroatoms. The van der Waals surface area contributed by atoms with Crippen molar-refractivity contribution in [1.29, 1.82) is 0 Å². The number of likely N-dealkylation sites (N-methyl/N-ethyl adjacent to an activating group) is 1. The molecule has 1 aliphatic rings. The van der Waals surface area contributed by atoms with E-state index < -0.39 is 0 Å². The van der Waals surface area contributed by atoms with E-state index in [1.165, 1.54) is 0 Å². The van der Waals surface area contributed by atoms with Crippen molar-refractivity contribution in [3.63, 3.8) is 0 Å². The molecule has 1 fully saturated rings. The molecule has 0 saturated carbocycles. The Morgan fingerprint density at radius 1 is 1.28 bits per heavy atom. The van der Waals surface area contributed by atoms with Crippen molar-refractivity contribution in [2.24, 2.45) is 0 Å². The predicted molar refractivity (Wildman–Crippen MR) is 71.8 cm³/mol. The molecule has 3 rings (SSSR count). The molecule has 4 nitrogen and oxygen atoms in total. The van der Waals surface area contributed by atoms with Gasteiger partial charge in [0.15, 0.2) is 5.58 Å². The standard InChI is InChI=1S/C13H16ClN3O/c1-16-4-6-17(7-5-16)9-13-15-11-8-10(14)2-3-12(11)18-13/h2-3,8H,4-7,9H2,1H3. The molecule has 96 valence electrons. The number of piperazine rings is 1. The highest BCUT2D eigenvalue weighted by molar-refractivity contribution is 6.31.